The van der Waals surface area contributed by atoms with Gasteiger partial charge in [-0.25, -0.2) is 0 Å². The lowest BCUT2D eigenvalue weighted by atomic mass is 9.88. The van der Waals surface area contributed by atoms with Crippen molar-refractivity contribution in [1.29, 1.82) is 0 Å². The summed E-state index contributed by atoms with van der Waals surface area (Å²) in [6.45, 7) is 6.26. The number of rotatable bonds is 4. The minimum atomic E-state index is 0.190. The van der Waals surface area contributed by atoms with E-state index >= 15 is 0 Å². The van der Waals surface area contributed by atoms with Gasteiger partial charge in [0.25, 0.3) is 0 Å². The van der Waals surface area contributed by atoms with Gasteiger partial charge in [0.15, 0.2) is 0 Å². The summed E-state index contributed by atoms with van der Waals surface area (Å²) in [5.74, 6) is 0.868. The zero-order chi connectivity index (χ0) is 10.4. The molecule has 14 heavy (non-hydrogen) atoms. The second kappa shape index (κ2) is 6.02. The van der Waals surface area contributed by atoms with E-state index in [1.807, 2.05) is 6.92 Å². The molecule has 82 valence electrons. The standard InChI is InChI=1S/C11H22N2O/c1-3-10(13-11(14)4-2)9-5-7-12-8-6-9/h9-10,12H,3-8H2,1-2H3,(H,13,14)/t10-/m0/s1. The van der Waals surface area contributed by atoms with Crippen LogP contribution in [0.4, 0.5) is 0 Å². The van der Waals surface area contributed by atoms with Crippen LogP contribution in [-0.4, -0.2) is 25.0 Å². The van der Waals surface area contributed by atoms with Gasteiger partial charge >= 0.3 is 0 Å². The molecule has 3 nitrogen and oxygen atoms in total. The molecule has 0 aromatic carbocycles. The molecule has 1 aliphatic heterocycles. The Labute approximate surface area is 86.6 Å². The molecular weight excluding hydrogens is 176 g/mol. The molecule has 0 aromatic heterocycles. The van der Waals surface area contributed by atoms with E-state index in [4.69, 9.17) is 0 Å². The number of amides is 1. The van der Waals surface area contributed by atoms with Crippen LogP contribution in [0, 0.1) is 5.92 Å². The van der Waals surface area contributed by atoms with E-state index < -0.39 is 0 Å². The van der Waals surface area contributed by atoms with E-state index in [-0.39, 0.29) is 5.91 Å². The zero-order valence-electron chi connectivity index (χ0n) is 9.31. The Morgan fingerprint density at radius 1 is 1.43 bits per heavy atom. The zero-order valence-corrected chi connectivity index (χ0v) is 9.31. The Balaban J connectivity index is 2.39. The van der Waals surface area contributed by atoms with Crippen molar-refractivity contribution in [2.24, 2.45) is 5.92 Å². The van der Waals surface area contributed by atoms with Crippen molar-refractivity contribution >= 4 is 5.91 Å². The first-order valence-electron chi connectivity index (χ1n) is 5.78. The second-order valence-electron chi connectivity index (χ2n) is 4.02. The highest BCUT2D eigenvalue weighted by Crippen LogP contribution is 2.18. The third-order valence-corrected chi connectivity index (χ3v) is 3.06. The lowest BCUT2D eigenvalue weighted by molar-refractivity contribution is -0.121. The highest BCUT2D eigenvalue weighted by Gasteiger charge is 2.22. The Bertz CT molecular complexity index is 176. The maximum atomic E-state index is 11.3. The summed E-state index contributed by atoms with van der Waals surface area (Å²) in [7, 11) is 0. The monoisotopic (exact) mass is 198 g/mol. The fourth-order valence-corrected chi connectivity index (χ4v) is 2.11. The summed E-state index contributed by atoms with van der Waals surface area (Å²) in [6, 6.07) is 0.393. The average molecular weight is 198 g/mol. The summed E-state index contributed by atoms with van der Waals surface area (Å²) in [4.78, 5) is 11.3. The number of nitrogens with one attached hydrogen (secondary N) is 2. The summed E-state index contributed by atoms with van der Waals surface area (Å²) < 4.78 is 0. The SMILES string of the molecule is CCC(=O)N[C@@H](CC)C1CCNCC1. The number of hydrogen-bond donors (Lipinski definition) is 2. The Hall–Kier alpha value is -0.570. The fourth-order valence-electron chi connectivity index (χ4n) is 2.11. The van der Waals surface area contributed by atoms with Crippen LogP contribution in [0.1, 0.15) is 39.5 Å². The van der Waals surface area contributed by atoms with Crippen molar-refractivity contribution in [3.8, 4) is 0 Å². The Morgan fingerprint density at radius 3 is 2.57 bits per heavy atom. The van der Waals surface area contributed by atoms with Gasteiger partial charge in [-0.15, -0.1) is 0 Å². The van der Waals surface area contributed by atoms with Crippen molar-refractivity contribution in [3.63, 3.8) is 0 Å². The smallest absolute Gasteiger partial charge is 0.219 e. The predicted molar refractivity (Wildman–Crippen MR) is 58.1 cm³/mol. The van der Waals surface area contributed by atoms with E-state index in [2.05, 4.69) is 17.6 Å². The van der Waals surface area contributed by atoms with Crippen LogP contribution in [0.5, 0.6) is 0 Å². The van der Waals surface area contributed by atoms with Gasteiger partial charge in [-0.2, -0.15) is 0 Å². The molecule has 0 aromatic rings. The molecule has 0 unspecified atom stereocenters. The summed E-state index contributed by atoms with van der Waals surface area (Å²) in [5, 5.41) is 6.47. The third-order valence-electron chi connectivity index (χ3n) is 3.06. The van der Waals surface area contributed by atoms with Crippen LogP contribution in [0.15, 0.2) is 0 Å². The molecule has 1 fully saturated rings. The van der Waals surface area contributed by atoms with Crippen molar-refractivity contribution in [2.45, 2.75) is 45.6 Å². The molecular formula is C11H22N2O. The van der Waals surface area contributed by atoms with Crippen LogP contribution >= 0.6 is 0 Å². The summed E-state index contributed by atoms with van der Waals surface area (Å²) in [6.07, 6.45) is 4.04. The number of hydrogen-bond acceptors (Lipinski definition) is 2. The van der Waals surface area contributed by atoms with E-state index in [0.29, 0.717) is 18.4 Å². The maximum absolute atomic E-state index is 11.3. The van der Waals surface area contributed by atoms with Gasteiger partial charge in [0, 0.05) is 12.5 Å². The minimum Gasteiger partial charge on any atom is -0.353 e. The molecule has 3 heteroatoms. The molecule has 0 aliphatic carbocycles. The highest BCUT2D eigenvalue weighted by molar-refractivity contribution is 5.75. The fraction of sp³-hybridized carbons (Fsp3) is 0.909. The van der Waals surface area contributed by atoms with Crippen LogP contribution < -0.4 is 10.6 Å². The first-order chi connectivity index (χ1) is 6.77. The van der Waals surface area contributed by atoms with Crippen molar-refractivity contribution in [3.05, 3.63) is 0 Å². The number of carbonyl (C=O) groups excluding carboxylic acids is 1. The van der Waals surface area contributed by atoms with Crippen molar-refractivity contribution in [2.75, 3.05) is 13.1 Å². The Kier molecular flexibility index (Phi) is 4.94. The molecule has 1 atom stereocenters. The summed E-state index contributed by atoms with van der Waals surface area (Å²) >= 11 is 0. The predicted octanol–water partition coefficient (Wildman–Crippen LogP) is 1.29. The molecule has 2 N–H and O–H groups in total. The van der Waals surface area contributed by atoms with Crippen LogP contribution in [0.25, 0.3) is 0 Å². The molecule has 0 saturated carbocycles. The lowest BCUT2D eigenvalue weighted by Crippen LogP contribution is -2.43. The Morgan fingerprint density at radius 2 is 2.07 bits per heavy atom. The maximum Gasteiger partial charge on any atom is 0.219 e. The average Bonchev–Trinajstić information content (AvgIpc) is 2.26. The topological polar surface area (TPSA) is 41.1 Å². The van der Waals surface area contributed by atoms with Crippen molar-refractivity contribution < 1.29 is 4.79 Å². The van der Waals surface area contributed by atoms with Crippen LogP contribution in [0.3, 0.4) is 0 Å². The van der Waals surface area contributed by atoms with E-state index in [0.717, 1.165) is 19.5 Å². The number of piperidine rings is 1. The molecule has 1 saturated heterocycles. The van der Waals surface area contributed by atoms with Crippen LogP contribution in [0.2, 0.25) is 0 Å². The molecule has 0 spiro atoms. The third kappa shape index (κ3) is 3.29. The minimum absolute atomic E-state index is 0.190. The molecule has 1 amide bonds. The molecule has 0 bridgehead atoms. The van der Waals surface area contributed by atoms with Gasteiger partial charge in [0.1, 0.15) is 0 Å². The quantitative estimate of drug-likeness (QED) is 0.714. The summed E-state index contributed by atoms with van der Waals surface area (Å²) in [5.41, 5.74) is 0. The van der Waals surface area contributed by atoms with Gasteiger partial charge in [-0.3, -0.25) is 4.79 Å². The normalized spacial score (nSPS) is 20.4. The second-order valence-corrected chi connectivity index (χ2v) is 4.02. The first-order valence-corrected chi connectivity index (χ1v) is 5.78. The van der Waals surface area contributed by atoms with Gasteiger partial charge < -0.3 is 10.6 Å². The van der Waals surface area contributed by atoms with Gasteiger partial charge in [0.2, 0.25) is 5.91 Å². The first kappa shape index (κ1) is 11.5. The highest BCUT2D eigenvalue weighted by atomic mass is 16.1. The van der Waals surface area contributed by atoms with Gasteiger partial charge in [-0.1, -0.05) is 13.8 Å². The van der Waals surface area contributed by atoms with E-state index in [1.54, 1.807) is 0 Å². The van der Waals surface area contributed by atoms with Crippen molar-refractivity contribution in [1.82, 2.24) is 10.6 Å². The van der Waals surface area contributed by atoms with Crippen LogP contribution in [-0.2, 0) is 4.79 Å². The molecule has 1 heterocycles. The molecule has 1 rings (SSSR count). The molecule has 0 radical (unpaired) electrons. The van der Waals surface area contributed by atoms with E-state index in [1.165, 1.54) is 12.8 Å². The molecule has 1 aliphatic rings. The largest absolute Gasteiger partial charge is 0.353 e. The van der Waals surface area contributed by atoms with E-state index in [9.17, 15) is 4.79 Å². The number of carbonyl (C=O) groups is 1. The lowest BCUT2D eigenvalue weighted by Gasteiger charge is -2.30. The van der Waals surface area contributed by atoms with Gasteiger partial charge in [-0.05, 0) is 38.3 Å². The van der Waals surface area contributed by atoms with Gasteiger partial charge in [0.05, 0.1) is 0 Å².